The van der Waals surface area contributed by atoms with Crippen LogP contribution in [0, 0.1) is 0 Å². The standard InChI is InChI=1S/C25H29N7O3S/c1-3-27-25(34)28-18-6-4-17(5-7-18)22-29-20-14-32(24(33)21-12-26-15-36-21)9-8-19(20)23(30-22)31-10-11-35-16(2)13-31/h4-7,12,15-16H,3,8-11,13-14H2,1-2H3,(H2,27,28,34). The molecule has 1 aromatic carbocycles. The van der Waals surface area contributed by atoms with Gasteiger partial charge in [0.25, 0.3) is 5.91 Å². The molecule has 2 aliphatic rings. The zero-order chi connectivity index (χ0) is 25.1. The maximum Gasteiger partial charge on any atom is 0.319 e. The summed E-state index contributed by atoms with van der Waals surface area (Å²) < 4.78 is 5.76. The second kappa shape index (κ2) is 10.6. The predicted molar refractivity (Wildman–Crippen MR) is 138 cm³/mol. The molecule has 3 aromatic rings. The first-order valence-electron chi connectivity index (χ1n) is 12.1. The summed E-state index contributed by atoms with van der Waals surface area (Å²) in [5.41, 5.74) is 5.16. The maximum atomic E-state index is 13.0. The molecule has 5 rings (SSSR count). The molecule has 0 aliphatic carbocycles. The molecular formula is C25H29N7O3S. The molecule has 1 atom stereocenters. The third-order valence-corrected chi connectivity index (χ3v) is 7.01. The number of thiazole rings is 1. The molecule has 0 spiro atoms. The van der Waals surface area contributed by atoms with Gasteiger partial charge >= 0.3 is 6.03 Å². The van der Waals surface area contributed by atoms with Gasteiger partial charge in [-0.2, -0.15) is 0 Å². The lowest BCUT2D eigenvalue weighted by atomic mass is 10.0. The number of rotatable bonds is 5. The smallest absolute Gasteiger partial charge is 0.319 e. The lowest BCUT2D eigenvalue weighted by Gasteiger charge is -2.36. The van der Waals surface area contributed by atoms with E-state index in [-0.39, 0.29) is 18.0 Å². The monoisotopic (exact) mass is 507 g/mol. The fourth-order valence-electron chi connectivity index (χ4n) is 4.50. The summed E-state index contributed by atoms with van der Waals surface area (Å²) in [7, 11) is 0. The molecule has 36 heavy (non-hydrogen) atoms. The van der Waals surface area contributed by atoms with E-state index in [0.717, 1.165) is 35.7 Å². The van der Waals surface area contributed by atoms with Crippen LogP contribution >= 0.6 is 11.3 Å². The van der Waals surface area contributed by atoms with Gasteiger partial charge in [0.2, 0.25) is 0 Å². The largest absolute Gasteiger partial charge is 0.375 e. The van der Waals surface area contributed by atoms with Crippen LogP contribution in [-0.2, 0) is 17.7 Å². The van der Waals surface area contributed by atoms with Crippen LogP contribution in [0.3, 0.4) is 0 Å². The third-order valence-electron chi connectivity index (χ3n) is 6.25. The minimum atomic E-state index is -0.246. The number of anilines is 2. The average molecular weight is 508 g/mol. The van der Waals surface area contributed by atoms with Crippen molar-refractivity contribution in [1.82, 2.24) is 25.2 Å². The van der Waals surface area contributed by atoms with Crippen LogP contribution in [0.25, 0.3) is 11.4 Å². The van der Waals surface area contributed by atoms with E-state index in [2.05, 4.69) is 27.4 Å². The molecule has 2 aliphatic heterocycles. The SMILES string of the molecule is CCNC(=O)Nc1ccc(-c2nc3c(c(N4CCOC(C)C4)n2)CCN(C(=O)c2cncs2)C3)cc1. The number of hydrogen-bond donors (Lipinski definition) is 2. The first kappa shape index (κ1) is 24.1. The van der Waals surface area contributed by atoms with E-state index in [1.165, 1.54) is 11.3 Å². The van der Waals surface area contributed by atoms with Crippen molar-refractivity contribution in [3.8, 4) is 11.4 Å². The molecule has 0 bridgehead atoms. The molecular weight excluding hydrogens is 478 g/mol. The molecule has 188 valence electrons. The molecule has 2 N–H and O–H groups in total. The number of carbonyl (C=O) groups excluding carboxylic acids is 2. The summed E-state index contributed by atoms with van der Waals surface area (Å²) in [5.74, 6) is 1.49. The van der Waals surface area contributed by atoms with E-state index in [9.17, 15) is 9.59 Å². The highest BCUT2D eigenvalue weighted by molar-refractivity contribution is 7.11. The van der Waals surface area contributed by atoms with Crippen molar-refractivity contribution < 1.29 is 14.3 Å². The fourth-order valence-corrected chi connectivity index (χ4v) is 5.09. The molecule has 4 heterocycles. The first-order valence-corrected chi connectivity index (χ1v) is 13.0. The number of amides is 3. The minimum Gasteiger partial charge on any atom is -0.375 e. The Hall–Kier alpha value is -3.57. The molecule has 3 amide bonds. The highest BCUT2D eigenvalue weighted by Gasteiger charge is 2.30. The van der Waals surface area contributed by atoms with Crippen LogP contribution in [0.1, 0.15) is 34.8 Å². The number of morpholine rings is 1. The summed E-state index contributed by atoms with van der Waals surface area (Å²) in [4.78, 5) is 43.6. The second-order valence-electron chi connectivity index (χ2n) is 8.83. The van der Waals surface area contributed by atoms with E-state index in [0.29, 0.717) is 49.1 Å². The number of nitrogens with one attached hydrogen (secondary N) is 2. The number of hydrogen-bond acceptors (Lipinski definition) is 8. The number of fused-ring (bicyclic) bond motifs is 1. The van der Waals surface area contributed by atoms with Gasteiger partial charge in [0.1, 0.15) is 10.7 Å². The van der Waals surface area contributed by atoms with Gasteiger partial charge in [0, 0.05) is 43.0 Å². The summed E-state index contributed by atoms with van der Waals surface area (Å²) in [6.07, 6.45) is 2.42. The van der Waals surface area contributed by atoms with E-state index in [4.69, 9.17) is 14.7 Å². The fraction of sp³-hybridized carbons (Fsp3) is 0.400. The Bertz CT molecular complexity index is 1230. The average Bonchev–Trinajstić information content (AvgIpc) is 3.43. The minimum absolute atomic E-state index is 0.0226. The molecule has 0 saturated carbocycles. The lowest BCUT2D eigenvalue weighted by molar-refractivity contribution is 0.0528. The highest BCUT2D eigenvalue weighted by atomic mass is 32.1. The second-order valence-corrected chi connectivity index (χ2v) is 9.71. The zero-order valence-corrected chi connectivity index (χ0v) is 21.2. The summed E-state index contributed by atoms with van der Waals surface area (Å²) in [6.45, 7) is 7.67. The zero-order valence-electron chi connectivity index (χ0n) is 20.4. The van der Waals surface area contributed by atoms with Crippen LogP contribution in [0.5, 0.6) is 0 Å². The Labute approximate surface area is 213 Å². The van der Waals surface area contributed by atoms with Crippen LogP contribution in [0.15, 0.2) is 36.0 Å². The Morgan fingerprint density at radius 1 is 1.19 bits per heavy atom. The van der Waals surface area contributed by atoms with E-state index in [1.54, 1.807) is 11.7 Å². The number of ether oxygens (including phenoxy) is 1. The van der Waals surface area contributed by atoms with Gasteiger partial charge in [-0.3, -0.25) is 9.78 Å². The Morgan fingerprint density at radius 3 is 2.75 bits per heavy atom. The van der Waals surface area contributed by atoms with Crippen molar-refractivity contribution >= 4 is 34.8 Å². The van der Waals surface area contributed by atoms with E-state index >= 15 is 0 Å². The lowest BCUT2D eigenvalue weighted by Crippen LogP contribution is -2.43. The van der Waals surface area contributed by atoms with Crippen molar-refractivity contribution in [2.75, 3.05) is 43.0 Å². The van der Waals surface area contributed by atoms with Gasteiger partial charge in [-0.1, -0.05) is 0 Å². The summed E-state index contributed by atoms with van der Waals surface area (Å²) in [6, 6.07) is 7.23. The van der Waals surface area contributed by atoms with Crippen molar-refractivity contribution in [3.05, 3.63) is 52.1 Å². The van der Waals surface area contributed by atoms with Crippen LogP contribution in [0.2, 0.25) is 0 Å². The number of urea groups is 1. The van der Waals surface area contributed by atoms with E-state index < -0.39 is 0 Å². The molecule has 1 unspecified atom stereocenters. The van der Waals surface area contributed by atoms with E-state index in [1.807, 2.05) is 36.1 Å². The van der Waals surface area contributed by atoms with Crippen LogP contribution in [0.4, 0.5) is 16.3 Å². The normalized spacial score (nSPS) is 17.4. The van der Waals surface area contributed by atoms with Gasteiger partial charge in [-0.25, -0.2) is 14.8 Å². The van der Waals surface area contributed by atoms with Crippen LogP contribution in [-0.4, -0.2) is 70.7 Å². The van der Waals surface area contributed by atoms with Crippen molar-refractivity contribution in [2.24, 2.45) is 0 Å². The van der Waals surface area contributed by atoms with Crippen molar-refractivity contribution in [3.63, 3.8) is 0 Å². The number of nitrogens with zero attached hydrogens (tertiary/aromatic N) is 5. The molecule has 1 saturated heterocycles. The van der Waals surface area contributed by atoms with Crippen molar-refractivity contribution in [2.45, 2.75) is 32.9 Å². The number of benzene rings is 1. The molecule has 2 aromatic heterocycles. The Balaban J connectivity index is 1.47. The summed E-state index contributed by atoms with van der Waals surface area (Å²) in [5, 5.41) is 5.53. The van der Waals surface area contributed by atoms with Gasteiger partial charge in [0.15, 0.2) is 5.82 Å². The first-order chi connectivity index (χ1) is 17.5. The van der Waals surface area contributed by atoms with Gasteiger partial charge in [0.05, 0.1) is 36.7 Å². The predicted octanol–water partition coefficient (Wildman–Crippen LogP) is 3.17. The number of carbonyl (C=O) groups is 2. The molecule has 1 fully saturated rings. The maximum absolute atomic E-state index is 13.0. The van der Waals surface area contributed by atoms with Crippen LogP contribution < -0.4 is 15.5 Å². The van der Waals surface area contributed by atoms with Gasteiger partial charge in [-0.15, -0.1) is 11.3 Å². The summed E-state index contributed by atoms with van der Waals surface area (Å²) >= 11 is 1.35. The van der Waals surface area contributed by atoms with Gasteiger partial charge in [-0.05, 0) is 44.5 Å². The molecule has 11 heteroatoms. The Morgan fingerprint density at radius 2 is 2.03 bits per heavy atom. The van der Waals surface area contributed by atoms with Gasteiger partial charge < -0.3 is 25.2 Å². The van der Waals surface area contributed by atoms with Crippen molar-refractivity contribution in [1.29, 1.82) is 0 Å². The third kappa shape index (κ3) is 5.17. The highest BCUT2D eigenvalue weighted by Crippen LogP contribution is 2.31. The molecule has 0 radical (unpaired) electrons. The Kier molecular flexibility index (Phi) is 7.10. The number of aromatic nitrogens is 3. The topological polar surface area (TPSA) is 113 Å². The quantitative estimate of drug-likeness (QED) is 0.545. The molecule has 10 nitrogen and oxygen atoms in total.